The van der Waals surface area contributed by atoms with E-state index >= 15 is 0 Å². The summed E-state index contributed by atoms with van der Waals surface area (Å²) in [6.45, 7) is 3.67. The summed E-state index contributed by atoms with van der Waals surface area (Å²) < 4.78 is 0. The number of hydrogen-bond donors (Lipinski definition) is 0. The first-order valence-electron chi connectivity index (χ1n) is 6.86. The van der Waals surface area contributed by atoms with Gasteiger partial charge in [0.05, 0.1) is 0 Å². The zero-order chi connectivity index (χ0) is 9.54. The van der Waals surface area contributed by atoms with Crippen LogP contribution in [0.5, 0.6) is 0 Å². The molecule has 3 fully saturated rings. The van der Waals surface area contributed by atoms with E-state index < -0.39 is 0 Å². The van der Waals surface area contributed by atoms with Gasteiger partial charge in [-0.2, -0.15) is 0 Å². The van der Waals surface area contributed by atoms with Crippen LogP contribution in [0.4, 0.5) is 0 Å². The lowest BCUT2D eigenvalue weighted by atomic mass is 9.19. The molecule has 0 aromatic carbocycles. The van der Waals surface area contributed by atoms with Crippen molar-refractivity contribution in [2.24, 2.45) is 5.92 Å². The van der Waals surface area contributed by atoms with Gasteiger partial charge < -0.3 is 0 Å². The smallest absolute Gasteiger partial charge is 0.0629 e. The van der Waals surface area contributed by atoms with Gasteiger partial charge >= 0.3 is 0 Å². The molecular weight excluding hydrogens is 167 g/mol. The minimum atomic E-state index is 1.07. The van der Waals surface area contributed by atoms with E-state index in [1.807, 2.05) is 0 Å². The van der Waals surface area contributed by atoms with Crippen LogP contribution in [0.25, 0.3) is 0 Å². The Labute approximate surface area is 88.9 Å². The predicted molar refractivity (Wildman–Crippen MR) is 63.1 cm³/mol. The topological polar surface area (TPSA) is 0 Å². The fourth-order valence-corrected chi connectivity index (χ4v) is 4.69. The maximum atomic E-state index is 2.50. The van der Waals surface area contributed by atoms with Gasteiger partial charge in [0.25, 0.3) is 0 Å². The Balaban J connectivity index is 1.75. The van der Waals surface area contributed by atoms with Crippen LogP contribution in [-0.4, -0.2) is 6.71 Å². The van der Waals surface area contributed by atoms with Gasteiger partial charge in [0.15, 0.2) is 0 Å². The van der Waals surface area contributed by atoms with Gasteiger partial charge in [-0.05, 0) is 5.92 Å². The molecule has 14 heavy (non-hydrogen) atoms. The average Bonchev–Trinajstić information content (AvgIpc) is 2.15. The third-order valence-electron chi connectivity index (χ3n) is 5.57. The van der Waals surface area contributed by atoms with Crippen molar-refractivity contribution in [2.75, 3.05) is 0 Å². The van der Waals surface area contributed by atoms with E-state index in [0.29, 0.717) is 0 Å². The summed E-state index contributed by atoms with van der Waals surface area (Å²) in [6, 6.07) is 0. The summed E-state index contributed by atoms with van der Waals surface area (Å²) in [5.74, 6) is 4.51. The Kier molecular flexibility index (Phi) is 2.38. The molecule has 2 aliphatic heterocycles. The third kappa shape index (κ3) is 1.35. The fraction of sp³-hybridized carbons (Fsp3) is 1.00. The second-order valence-corrected chi connectivity index (χ2v) is 6.18. The Morgan fingerprint density at radius 2 is 1.36 bits per heavy atom. The Morgan fingerprint density at radius 3 is 1.71 bits per heavy atom. The molecule has 0 aromatic rings. The van der Waals surface area contributed by atoms with Crippen molar-refractivity contribution >= 4 is 6.71 Å². The highest BCUT2D eigenvalue weighted by molar-refractivity contribution is 6.64. The average molecular weight is 190 g/mol. The first-order valence-corrected chi connectivity index (χ1v) is 6.86. The molecule has 1 saturated carbocycles. The molecule has 0 nitrogen and oxygen atoms in total. The van der Waals surface area contributed by atoms with E-state index in [0.717, 1.165) is 23.4 Å². The van der Waals surface area contributed by atoms with Crippen molar-refractivity contribution in [1.29, 1.82) is 0 Å². The summed E-state index contributed by atoms with van der Waals surface area (Å²) in [4.78, 5) is 0. The highest BCUT2D eigenvalue weighted by atomic mass is 14.3. The Hall–Kier alpha value is 0.0649. The summed E-state index contributed by atoms with van der Waals surface area (Å²) in [5, 5.41) is 0. The molecule has 0 N–H and O–H groups in total. The van der Waals surface area contributed by atoms with Crippen molar-refractivity contribution in [1.82, 2.24) is 0 Å². The predicted octanol–water partition coefficient (Wildman–Crippen LogP) is 4.39. The highest BCUT2D eigenvalue weighted by Gasteiger charge is 2.47. The molecule has 1 aliphatic carbocycles. The molecule has 3 aliphatic rings. The number of hydrogen-bond acceptors (Lipinski definition) is 0. The van der Waals surface area contributed by atoms with E-state index in [9.17, 15) is 0 Å². The van der Waals surface area contributed by atoms with Crippen LogP contribution < -0.4 is 0 Å². The van der Waals surface area contributed by atoms with E-state index in [2.05, 4.69) is 6.92 Å². The van der Waals surface area contributed by atoms with Crippen molar-refractivity contribution < 1.29 is 0 Å². The van der Waals surface area contributed by atoms with Crippen LogP contribution in [0.1, 0.15) is 58.3 Å². The fourth-order valence-electron chi connectivity index (χ4n) is 4.69. The van der Waals surface area contributed by atoms with Gasteiger partial charge in [-0.15, -0.1) is 0 Å². The molecule has 2 atom stereocenters. The van der Waals surface area contributed by atoms with Gasteiger partial charge in [-0.1, -0.05) is 75.7 Å². The van der Waals surface area contributed by atoms with E-state index in [1.54, 1.807) is 44.9 Å². The third-order valence-corrected chi connectivity index (χ3v) is 5.57. The second kappa shape index (κ2) is 3.57. The highest BCUT2D eigenvalue weighted by Crippen LogP contribution is 2.56. The molecule has 0 amide bonds. The molecule has 0 radical (unpaired) electrons. The van der Waals surface area contributed by atoms with Crippen molar-refractivity contribution in [3.8, 4) is 0 Å². The number of fused-ring (bicyclic) bond motifs is 2. The lowest BCUT2D eigenvalue weighted by Crippen LogP contribution is -2.43. The molecule has 2 heterocycles. The molecule has 2 saturated heterocycles. The first kappa shape index (κ1) is 9.30. The van der Waals surface area contributed by atoms with Crippen LogP contribution in [0.15, 0.2) is 0 Å². The molecule has 78 valence electrons. The maximum Gasteiger partial charge on any atom is 0.149 e. The molecule has 0 aromatic heterocycles. The van der Waals surface area contributed by atoms with Crippen LogP contribution in [0.2, 0.25) is 17.5 Å². The van der Waals surface area contributed by atoms with Gasteiger partial charge in [-0.3, -0.25) is 0 Å². The molecular formula is C13H23B. The molecule has 0 spiro atoms. The second-order valence-electron chi connectivity index (χ2n) is 6.18. The lowest BCUT2D eigenvalue weighted by molar-refractivity contribution is 0.314. The Morgan fingerprint density at radius 1 is 0.786 bits per heavy atom. The first-order chi connectivity index (χ1) is 6.86. The normalized spacial score (nSPS) is 47.4. The SMILES string of the molecule is C[C@H]1CC[C@@H]1B1C2CCCC1CCC2. The zero-order valence-corrected chi connectivity index (χ0v) is 9.54. The quantitative estimate of drug-likeness (QED) is 0.538. The molecule has 0 unspecified atom stereocenters. The summed E-state index contributed by atoms with van der Waals surface area (Å²) >= 11 is 0. The van der Waals surface area contributed by atoms with Crippen LogP contribution in [0.3, 0.4) is 0 Å². The molecule has 1 heteroatoms. The van der Waals surface area contributed by atoms with Crippen molar-refractivity contribution in [3.63, 3.8) is 0 Å². The lowest BCUT2D eigenvalue weighted by Gasteiger charge is -2.50. The van der Waals surface area contributed by atoms with Crippen molar-refractivity contribution in [3.05, 3.63) is 0 Å². The monoisotopic (exact) mass is 190 g/mol. The Bertz CT molecular complexity index is 189. The van der Waals surface area contributed by atoms with Crippen LogP contribution >= 0.6 is 0 Å². The molecule has 2 bridgehead atoms. The van der Waals surface area contributed by atoms with Crippen LogP contribution in [-0.2, 0) is 0 Å². The van der Waals surface area contributed by atoms with E-state index in [4.69, 9.17) is 0 Å². The van der Waals surface area contributed by atoms with Gasteiger partial charge in [0.1, 0.15) is 6.71 Å². The van der Waals surface area contributed by atoms with E-state index in [-0.39, 0.29) is 0 Å². The summed E-state index contributed by atoms with van der Waals surface area (Å²) in [5.41, 5.74) is 0. The van der Waals surface area contributed by atoms with Crippen LogP contribution in [0, 0.1) is 5.92 Å². The van der Waals surface area contributed by atoms with E-state index in [1.165, 1.54) is 13.1 Å². The van der Waals surface area contributed by atoms with Crippen molar-refractivity contribution in [2.45, 2.75) is 75.7 Å². The molecule has 3 rings (SSSR count). The largest absolute Gasteiger partial charge is 0.149 e. The standard InChI is InChI=1S/C13H23B/c1-10-8-9-13(10)14-11-4-2-5-12(14)7-3-6-11/h10-13H,2-9H2,1H3/t10-,11?,12?,13-/m0/s1. The minimum absolute atomic E-state index is 1.07. The minimum Gasteiger partial charge on any atom is -0.0629 e. The summed E-state index contributed by atoms with van der Waals surface area (Å²) in [7, 11) is 0. The van der Waals surface area contributed by atoms with Gasteiger partial charge in [-0.25, -0.2) is 0 Å². The number of rotatable bonds is 1. The van der Waals surface area contributed by atoms with Gasteiger partial charge in [0, 0.05) is 0 Å². The maximum absolute atomic E-state index is 2.50. The zero-order valence-electron chi connectivity index (χ0n) is 9.54. The van der Waals surface area contributed by atoms with Gasteiger partial charge in [0.2, 0.25) is 0 Å². The summed E-state index contributed by atoms with van der Waals surface area (Å²) in [6.07, 6.45) is 12.5.